The van der Waals surface area contributed by atoms with Crippen LogP contribution >= 0.6 is 0 Å². The van der Waals surface area contributed by atoms with E-state index in [9.17, 15) is 30.3 Å². The summed E-state index contributed by atoms with van der Waals surface area (Å²) in [6, 6.07) is -0.798. The van der Waals surface area contributed by atoms with Gasteiger partial charge < -0.3 is 40.3 Å². The molecule has 0 aromatic carbocycles. The second kappa shape index (κ2) is 45.7. The van der Waals surface area contributed by atoms with Crippen molar-refractivity contribution in [2.45, 2.75) is 320 Å². The van der Waals surface area contributed by atoms with E-state index in [1.54, 1.807) is 6.08 Å². The minimum atomic E-state index is -1.56. The lowest BCUT2D eigenvalue weighted by atomic mass is 9.99. The van der Waals surface area contributed by atoms with E-state index in [2.05, 4.69) is 19.2 Å². The first-order chi connectivity index (χ1) is 31.3. The van der Waals surface area contributed by atoms with E-state index in [1.807, 2.05) is 6.08 Å². The molecule has 1 aliphatic rings. The minimum absolute atomic E-state index is 0.174. The third-order valence-electron chi connectivity index (χ3n) is 13.6. The Morgan fingerprint density at radius 2 is 0.859 bits per heavy atom. The Labute approximate surface area is 395 Å². The van der Waals surface area contributed by atoms with Crippen molar-refractivity contribution < 1.29 is 39.8 Å². The number of nitrogens with one attached hydrogen (secondary N) is 1. The van der Waals surface area contributed by atoms with Crippen LogP contribution in [-0.4, -0.2) is 87.5 Å². The average Bonchev–Trinajstić information content (AvgIpc) is 3.29. The zero-order valence-electron chi connectivity index (χ0n) is 42.1. The van der Waals surface area contributed by atoms with Crippen LogP contribution in [0.15, 0.2) is 12.2 Å². The van der Waals surface area contributed by atoms with E-state index < -0.39 is 49.5 Å². The van der Waals surface area contributed by atoms with Gasteiger partial charge in [-0.3, -0.25) is 4.79 Å². The van der Waals surface area contributed by atoms with Crippen molar-refractivity contribution in [1.29, 1.82) is 0 Å². The predicted molar refractivity (Wildman–Crippen MR) is 267 cm³/mol. The Morgan fingerprint density at radius 1 is 0.516 bits per heavy atom. The van der Waals surface area contributed by atoms with Crippen LogP contribution in [0.4, 0.5) is 0 Å². The summed E-state index contributed by atoms with van der Waals surface area (Å²) in [7, 11) is 0. The van der Waals surface area contributed by atoms with Gasteiger partial charge in [-0.05, 0) is 19.3 Å². The molecule has 0 spiro atoms. The number of allylic oxidation sites excluding steroid dienone is 1. The summed E-state index contributed by atoms with van der Waals surface area (Å²) in [6.07, 6.45) is 48.9. The summed E-state index contributed by atoms with van der Waals surface area (Å²) in [5.74, 6) is -0.174. The fourth-order valence-corrected chi connectivity index (χ4v) is 9.16. The maximum atomic E-state index is 13.0. The molecule has 9 nitrogen and oxygen atoms in total. The first-order valence-corrected chi connectivity index (χ1v) is 27.9. The molecule has 1 rings (SSSR count). The number of aliphatic hydroxyl groups is 5. The lowest BCUT2D eigenvalue weighted by Gasteiger charge is -2.40. The quantitative estimate of drug-likeness (QED) is 0.0261. The van der Waals surface area contributed by atoms with Gasteiger partial charge in [-0.25, -0.2) is 0 Å². The van der Waals surface area contributed by atoms with Gasteiger partial charge in [0, 0.05) is 6.42 Å². The smallest absolute Gasteiger partial charge is 0.220 e. The SMILES string of the molecule is CCCCCCCCC/C=C/[C@@H](O)[C@H](CO[C@@H]1O[C@H](CO)[C@@H](O)C(O)C1O)NC(=O)CCCCCCCCCCCCCCCCCCCCCCCCCCCCCCCCCC. The predicted octanol–water partition coefficient (Wildman–Crippen LogP) is 13.2. The molecule has 6 N–H and O–H groups in total. The lowest BCUT2D eigenvalue weighted by Crippen LogP contribution is -2.60. The number of amides is 1. The molecule has 1 amide bonds. The van der Waals surface area contributed by atoms with Crippen LogP contribution in [0.3, 0.4) is 0 Å². The molecular formula is C55H107NO8. The molecule has 380 valence electrons. The first kappa shape index (κ1) is 60.9. The number of rotatable bonds is 48. The summed E-state index contributed by atoms with van der Waals surface area (Å²) in [5, 5.41) is 54.2. The van der Waals surface area contributed by atoms with E-state index in [0.717, 1.165) is 38.5 Å². The largest absolute Gasteiger partial charge is 0.394 e. The molecule has 1 heterocycles. The minimum Gasteiger partial charge on any atom is -0.394 e. The zero-order valence-corrected chi connectivity index (χ0v) is 42.1. The molecule has 0 aromatic rings. The summed E-state index contributed by atoms with van der Waals surface area (Å²) in [4.78, 5) is 13.0. The molecule has 1 fully saturated rings. The summed E-state index contributed by atoms with van der Waals surface area (Å²) >= 11 is 0. The molecule has 0 bridgehead atoms. The second-order valence-corrected chi connectivity index (χ2v) is 19.7. The normalized spacial score (nSPS) is 20.0. The maximum Gasteiger partial charge on any atom is 0.220 e. The number of carbonyl (C=O) groups is 1. The highest BCUT2D eigenvalue weighted by molar-refractivity contribution is 5.76. The van der Waals surface area contributed by atoms with Crippen molar-refractivity contribution in [3.05, 3.63) is 12.2 Å². The molecule has 7 atom stereocenters. The Hall–Kier alpha value is -1.07. The van der Waals surface area contributed by atoms with Crippen molar-refractivity contribution in [3.8, 4) is 0 Å². The van der Waals surface area contributed by atoms with Gasteiger partial charge in [-0.1, -0.05) is 264 Å². The number of unbranched alkanes of at least 4 members (excludes halogenated alkanes) is 38. The molecule has 0 radical (unpaired) electrons. The van der Waals surface area contributed by atoms with E-state index >= 15 is 0 Å². The molecule has 1 aliphatic heterocycles. The van der Waals surface area contributed by atoms with Crippen LogP contribution in [0.1, 0.15) is 277 Å². The van der Waals surface area contributed by atoms with Gasteiger partial charge >= 0.3 is 0 Å². The molecule has 0 aliphatic carbocycles. The third-order valence-corrected chi connectivity index (χ3v) is 13.6. The molecule has 9 heteroatoms. The van der Waals surface area contributed by atoms with Gasteiger partial charge in [0.05, 0.1) is 25.4 Å². The van der Waals surface area contributed by atoms with Crippen LogP contribution in [0.25, 0.3) is 0 Å². The van der Waals surface area contributed by atoms with Crippen LogP contribution in [0, 0.1) is 0 Å². The van der Waals surface area contributed by atoms with Gasteiger partial charge in [0.1, 0.15) is 24.4 Å². The highest BCUT2D eigenvalue weighted by Crippen LogP contribution is 2.23. The Bertz CT molecular complexity index is 1010. The van der Waals surface area contributed by atoms with Crippen LogP contribution < -0.4 is 5.32 Å². The zero-order chi connectivity index (χ0) is 46.6. The van der Waals surface area contributed by atoms with E-state index in [-0.39, 0.29) is 12.5 Å². The standard InChI is InChI=1S/C55H107NO8/c1-3-5-7-9-11-13-14-15-16-17-18-19-20-21-22-23-24-25-26-27-28-29-30-31-32-33-34-35-37-39-41-43-45-51(59)56-48(49(58)44-42-40-38-36-12-10-8-6-4-2)47-63-55-54(62)53(61)52(60)50(46-57)64-55/h42,44,48-50,52-55,57-58,60-62H,3-41,43,45-47H2,1-2H3,(H,56,59)/b44-42+/t48-,49+,50+,52+,53?,54?,55+/m0/s1. The highest BCUT2D eigenvalue weighted by Gasteiger charge is 2.44. The van der Waals surface area contributed by atoms with Crippen molar-refractivity contribution >= 4 is 5.91 Å². The summed E-state index contributed by atoms with van der Waals surface area (Å²) < 4.78 is 11.2. The number of hydrogen-bond donors (Lipinski definition) is 6. The second-order valence-electron chi connectivity index (χ2n) is 19.7. The van der Waals surface area contributed by atoms with Gasteiger partial charge in [0.25, 0.3) is 0 Å². The Balaban J connectivity index is 2.05. The van der Waals surface area contributed by atoms with Crippen LogP contribution in [-0.2, 0) is 14.3 Å². The average molecular weight is 910 g/mol. The van der Waals surface area contributed by atoms with Gasteiger partial charge in [-0.15, -0.1) is 0 Å². The Morgan fingerprint density at radius 3 is 1.22 bits per heavy atom. The monoisotopic (exact) mass is 910 g/mol. The molecule has 2 unspecified atom stereocenters. The highest BCUT2D eigenvalue weighted by atomic mass is 16.7. The molecule has 0 aromatic heterocycles. The van der Waals surface area contributed by atoms with E-state index in [0.29, 0.717) is 6.42 Å². The fraction of sp³-hybridized carbons (Fsp3) is 0.945. The first-order valence-electron chi connectivity index (χ1n) is 27.9. The number of hydrogen-bond acceptors (Lipinski definition) is 8. The van der Waals surface area contributed by atoms with Crippen molar-refractivity contribution in [2.24, 2.45) is 0 Å². The third kappa shape index (κ3) is 35.1. The number of carbonyl (C=O) groups excluding carboxylic acids is 1. The topological polar surface area (TPSA) is 149 Å². The van der Waals surface area contributed by atoms with E-state index in [4.69, 9.17) is 9.47 Å². The summed E-state index contributed by atoms with van der Waals surface area (Å²) in [5.41, 5.74) is 0. The Kier molecular flexibility index (Phi) is 43.5. The maximum absolute atomic E-state index is 13.0. The van der Waals surface area contributed by atoms with E-state index in [1.165, 1.54) is 218 Å². The molecule has 1 saturated heterocycles. The van der Waals surface area contributed by atoms with Crippen molar-refractivity contribution in [1.82, 2.24) is 5.32 Å². The molecule has 64 heavy (non-hydrogen) atoms. The van der Waals surface area contributed by atoms with Crippen LogP contribution in [0.5, 0.6) is 0 Å². The molecule has 0 saturated carbocycles. The fourth-order valence-electron chi connectivity index (χ4n) is 9.16. The number of ether oxygens (including phenoxy) is 2. The van der Waals surface area contributed by atoms with Crippen LogP contribution in [0.2, 0.25) is 0 Å². The van der Waals surface area contributed by atoms with Gasteiger partial charge in [0.2, 0.25) is 5.91 Å². The van der Waals surface area contributed by atoms with Crippen molar-refractivity contribution in [3.63, 3.8) is 0 Å². The lowest BCUT2D eigenvalue weighted by molar-refractivity contribution is -0.302. The van der Waals surface area contributed by atoms with Gasteiger partial charge in [-0.2, -0.15) is 0 Å². The van der Waals surface area contributed by atoms with Crippen molar-refractivity contribution in [2.75, 3.05) is 13.2 Å². The summed E-state index contributed by atoms with van der Waals surface area (Å²) in [6.45, 7) is 3.77. The molecular weight excluding hydrogens is 803 g/mol. The van der Waals surface area contributed by atoms with Gasteiger partial charge in [0.15, 0.2) is 6.29 Å². The number of aliphatic hydroxyl groups excluding tert-OH is 5.